The van der Waals surface area contributed by atoms with Crippen LogP contribution in [0.1, 0.15) is 33.6 Å². The highest BCUT2D eigenvalue weighted by Gasteiger charge is 2.40. The minimum atomic E-state index is -0.101. The van der Waals surface area contributed by atoms with Crippen molar-refractivity contribution in [2.45, 2.75) is 49.6 Å². The summed E-state index contributed by atoms with van der Waals surface area (Å²) < 4.78 is 5.97. The van der Waals surface area contributed by atoms with Gasteiger partial charge in [-0.2, -0.15) is 0 Å². The Hall–Kier alpha value is 0.180. The molecule has 1 fully saturated rings. The quantitative estimate of drug-likeness (QED) is 0.525. The summed E-state index contributed by atoms with van der Waals surface area (Å²) in [5.74, 6) is 0. The van der Waals surface area contributed by atoms with Gasteiger partial charge in [-0.05, 0) is 33.6 Å². The topological polar surface area (TPSA) is 9.23 Å². The van der Waals surface area contributed by atoms with Crippen LogP contribution in [0.2, 0.25) is 0 Å². The maximum absolute atomic E-state index is 5.90. The number of alkyl halides is 1. The maximum Gasteiger partial charge on any atom is 0.0837 e. The van der Waals surface area contributed by atoms with Crippen molar-refractivity contribution >= 4 is 15.9 Å². The molecule has 12 heavy (non-hydrogen) atoms. The van der Waals surface area contributed by atoms with Crippen LogP contribution >= 0.6 is 15.9 Å². The average Bonchev–Trinajstić information content (AvgIpc) is 2.32. The van der Waals surface area contributed by atoms with Crippen LogP contribution in [0.15, 0.2) is 12.7 Å². The molecule has 1 saturated heterocycles. The third-order valence-electron chi connectivity index (χ3n) is 2.51. The summed E-state index contributed by atoms with van der Waals surface area (Å²) in [4.78, 5) is 0. The summed E-state index contributed by atoms with van der Waals surface area (Å²) in [6.07, 6.45) is 4.41. The summed E-state index contributed by atoms with van der Waals surface area (Å²) in [6, 6.07) is 0. The Morgan fingerprint density at radius 2 is 2.25 bits per heavy atom. The molecule has 0 amide bonds. The van der Waals surface area contributed by atoms with Gasteiger partial charge in [0.2, 0.25) is 0 Å². The monoisotopic (exact) mass is 232 g/mol. The van der Waals surface area contributed by atoms with E-state index in [2.05, 4.69) is 43.3 Å². The fourth-order valence-corrected chi connectivity index (χ4v) is 1.82. The van der Waals surface area contributed by atoms with E-state index in [-0.39, 0.29) is 9.93 Å². The minimum Gasteiger partial charge on any atom is -0.367 e. The number of hydrogen-bond acceptors (Lipinski definition) is 1. The van der Waals surface area contributed by atoms with Gasteiger partial charge in [0, 0.05) is 4.32 Å². The molecular weight excluding hydrogens is 216 g/mol. The van der Waals surface area contributed by atoms with Crippen molar-refractivity contribution in [2.24, 2.45) is 0 Å². The van der Waals surface area contributed by atoms with E-state index >= 15 is 0 Å². The third kappa shape index (κ3) is 2.11. The molecule has 2 heteroatoms. The van der Waals surface area contributed by atoms with Crippen molar-refractivity contribution < 1.29 is 4.74 Å². The fourth-order valence-electron chi connectivity index (χ4n) is 1.49. The number of ether oxygens (including phenoxy) is 1. The Bertz CT molecular complexity index is 183. The first-order chi connectivity index (χ1) is 5.37. The highest BCUT2D eigenvalue weighted by molar-refractivity contribution is 9.10. The molecular formula is C10H17BrO. The van der Waals surface area contributed by atoms with Crippen molar-refractivity contribution in [3.8, 4) is 0 Å². The smallest absolute Gasteiger partial charge is 0.0837 e. The van der Waals surface area contributed by atoms with E-state index < -0.39 is 0 Å². The largest absolute Gasteiger partial charge is 0.367 e. The van der Waals surface area contributed by atoms with Gasteiger partial charge in [-0.1, -0.05) is 22.0 Å². The molecule has 2 unspecified atom stereocenters. The van der Waals surface area contributed by atoms with Gasteiger partial charge in [0.05, 0.1) is 11.7 Å². The highest BCUT2D eigenvalue weighted by Crippen LogP contribution is 2.39. The van der Waals surface area contributed by atoms with Crippen LogP contribution in [0.3, 0.4) is 0 Å². The third-order valence-corrected chi connectivity index (χ3v) is 3.02. The summed E-state index contributed by atoms with van der Waals surface area (Å²) in [5, 5.41) is 0. The average molecular weight is 233 g/mol. The number of hydrogen-bond donors (Lipinski definition) is 0. The first-order valence-electron chi connectivity index (χ1n) is 4.38. The molecule has 0 N–H and O–H groups in total. The van der Waals surface area contributed by atoms with Gasteiger partial charge < -0.3 is 4.74 Å². The predicted octanol–water partition coefficient (Wildman–Crippen LogP) is 3.28. The molecule has 1 rings (SSSR count). The maximum atomic E-state index is 5.90. The van der Waals surface area contributed by atoms with Crippen LogP contribution in [-0.2, 0) is 4.74 Å². The molecule has 0 saturated carbocycles. The second-order valence-corrected chi connectivity index (χ2v) is 6.27. The molecule has 1 aliphatic heterocycles. The number of halogens is 1. The van der Waals surface area contributed by atoms with Crippen LogP contribution in [0, 0.1) is 0 Å². The summed E-state index contributed by atoms with van der Waals surface area (Å²) in [5.41, 5.74) is -0.101. The van der Waals surface area contributed by atoms with Crippen molar-refractivity contribution in [3.63, 3.8) is 0 Å². The first-order valence-corrected chi connectivity index (χ1v) is 5.17. The molecule has 0 aliphatic carbocycles. The van der Waals surface area contributed by atoms with Gasteiger partial charge in [0.15, 0.2) is 0 Å². The normalized spacial score (nSPS) is 36.8. The Morgan fingerprint density at radius 1 is 1.67 bits per heavy atom. The van der Waals surface area contributed by atoms with Crippen LogP contribution in [-0.4, -0.2) is 16.0 Å². The van der Waals surface area contributed by atoms with Crippen molar-refractivity contribution in [2.75, 3.05) is 0 Å². The predicted molar refractivity (Wildman–Crippen MR) is 55.7 cm³/mol. The zero-order valence-corrected chi connectivity index (χ0v) is 9.65. The molecule has 1 nitrogen and oxygen atoms in total. The SMILES string of the molecule is C=CC1(C)CCC(C(C)(C)Br)O1. The summed E-state index contributed by atoms with van der Waals surface area (Å²) >= 11 is 3.63. The van der Waals surface area contributed by atoms with Crippen molar-refractivity contribution in [1.29, 1.82) is 0 Å². The zero-order valence-electron chi connectivity index (χ0n) is 8.06. The van der Waals surface area contributed by atoms with Crippen molar-refractivity contribution in [3.05, 3.63) is 12.7 Å². The van der Waals surface area contributed by atoms with Crippen LogP contribution in [0.5, 0.6) is 0 Å². The van der Waals surface area contributed by atoms with E-state index in [0.29, 0.717) is 6.10 Å². The van der Waals surface area contributed by atoms with Gasteiger partial charge >= 0.3 is 0 Å². The van der Waals surface area contributed by atoms with Gasteiger partial charge in [0.1, 0.15) is 0 Å². The van der Waals surface area contributed by atoms with E-state index in [1.807, 2.05) is 6.08 Å². The standard InChI is InChI=1S/C10H17BrO/c1-5-10(4)7-6-8(12-10)9(2,3)11/h5,8H,1,6-7H2,2-4H3. The summed E-state index contributed by atoms with van der Waals surface area (Å²) in [6.45, 7) is 10.2. The molecule has 0 aromatic carbocycles. The lowest BCUT2D eigenvalue weighted by Gasteiger charge is -2.27. The Kier molecular flexibility index (Phi) is 2.69. The van der Waals surface area contributed by atoms with Crippen molar-refractivity contribution in [1.82, 2.24) is 0 Å². The van der Waals surface area contributed by atoms with E-state index in [9.17, 15) is 0 Å². The fraction of sp³-hybridized carbons (Fsp3) is 0.800. The van der Waals surface area contributed by atoms with Gasteiger partial charge in [-0.25, -0.2) is 0 Å². The van der Waals surface area contributed by atoms with Gasteiger partial charge in [0.25, 0.3) is 0 Å². The Morgan fingerprint density at radius 3 is 2.50 bits per heavy atom. The lowest BCUT2D eigenvalue weighted by Crippen LogP contribution is -2.32. The van der Waals surface area contributed by atoms with E-state index in [4.69, 9.17) is 4.74 Å². The molecule has 0 bridgehead atoms. The molecule has 0 aromatic heterocycles. The Labute approximate surface area is 83.3 Å². The summed E-state index contributed by atoms with van der Waals surface area (Å²) in [7, 11) is 0. The van der Waals surface area contributed by atoms with E-state index in [0.717, 1.165) is 12.8 Å². The molecule has 1 aliphatic rings. The van der Waals surface area contributed by atoms with E-state index in [1.165, 1.54) is 0 Å². The van der Waals surface area contributed by atoms with E-state index in [1.54, 1.807) is 0 Å². The number of rotatable bonds is 2. The molecule has 2 atom stereocenters. The molecule has 0 aromatic rings. The Balaban J connectivity index is 2.63. The highest BCUT2D eigenvalue weighted by atomic mass is 79.9. The minimum absolute atomic E-state index is 0.0772. The van der Waals surface area contributed by atoms with Crippen LogP contribution < -0.4 is 0 Å². The molecule has 1 heterocycles. The second-order valence-electron chi connectivity index (χ2n) is 4.23. The van der Waals surface area contributed by atoms with Gasteiger partial charge in [-0.3, -0.25) is 0 Å². The van der Waals surface area contributed by atoms with Gasteiger partial charge in [-0.15, -0.1) is 6.58 Å². The molecule has 70 valence electrons. The first kappa shape index (κ1) is 10.3. The lowest BCUT2D eigenvalue weighted by molar-refractivity contribution is -0.00683. The second kappa shape index (κ2) is 3.15. The van der Waals surface area contributed by atoms with Crippen LogP contribution in [0.4, 0.5) is 0 Å². The van der Waals surface area contributed by atoms with Crippen LogP contribution in [0.25, 0.3) is 0 Å². The zero-order chi connectivity index (χ0) is 9.41. The lowest BCUT2D eigenvalue weighted by atomic mass is 10.00. The molecule has 0 spiro atoms. The molecule has 0 radical (unpaired) electrons.